The van der Waals surface area contributed by atoms with Crippen LogP contribution in [0.1, 0.15) is 38.3 Å². The summed E-state index contributed by atoms with van der Waals surface area (Å²) in [5.74, 6) is 1.03. The highest BCUT2D eigenvalue weighted by Crippen LogP contribution is 2.20. The normalized spacial score (nSPS) is 17.4. The van der Waals surface area contributed by atoms with Gasteiger partial charge in [-0.1, -0.05) is 13.8 Å². The first-order chi connectivity index (χ1) is 9.24. The van der Waals surface area contributed by atoms with Crippen molar-refractivity contribution in [3.63, 3.8) is 0 Å². The highest BCUT2D eigenvalue weighted by molar-refractivity contribution is 5.69. The van der Waals surface area contributed by atoms with E-state index in [4.69, 9.17) is 9.72 Å². The summed E-state index contributed by atoms with van der Waals surface area (Å²) >= 11 is 0. The zero-order valence-corrected chi connectivity index (χ0v) is 11.5. The number of rotatable bonds is 3. The van der Waals surface area contributed by atoms with E-state index in [1.807, 2.05) is 17.1 Å². The number of aromatic nitrogens is 4. The second kappa shape index (κ2) is 5.25. The number of ether oxygens (including phenoxy) is 1. The van der Waals surface area contributed by atoms with Gasteiger partial charge in [0.25, 0.3) is 0 Å². The molecule has 0 aliphatic carbocycles. The van der Waals surface area contributed by atoms with E-state index in [-0.39, 0.29) is 0 Å². The van der Waals surface area contributed by atoms with E-state index in [1.165, 1.54) is 0 Å². The molecule has 0 bridgehead atoms. The molecule has 1 fully saturated rings. The summed E-state index contributed by atoms with van der Waals surface area (Å²) in [4.78, 5) is 9.15. The molecule has 2 aromatic heterocycles. The molecule has 0 aromatic carbocycles. The minimum Gasteiger partial charge on any atom is -0.381 e. The molecular formula is C14H20N4O. The molecule has 0 saturated carbocycles. The number of nitrogens with zero attached hydrogens (tertiary/aromatic N) is 4. The lowest BCUT2D eigenvalue weighted by atomic mass is 10.0. The highest BCUT2D eigenvalue weighted by Gasteiger charge is 2.17. The smallest absolute Gasteiger partial charge is 0.177 e. The second-order valence-electron chi connectivity index (χ2n) is 5.54. The van der Waals surface area contributed by atoms with Crippen LogP contribution in [0.4, 0.5) is 0 Å². The topological polar surface area (TPSA) is 52.8 Å². The lowest BCUT2D eigenvalue weighted by Crippen LogP contribution is -2.21. The van der Waals surface area contributed by atoms with Gasteiger partial charge in [-0.15, -0.1) is 0 Å². The Morgan fingerprint density at radius 3 is 2.84 bits per heavy atom. The molecule has 3 heterocycles. The van der Waals surface area contributed by atoms with Crippen molar-refractivity contribution in [2.45, 2.75) is 39.2 Å². The molecule has 0 spiro atoms. The van der Waals surface area contributed by atoms with Crippen LogP contribution in [0, 0.1) is 5.92 Å². The standard InChI is InChI=1S/C14H20N4O/c1-10(2)12-7-15-13-8-16-18(14(13)17-12)9-11-3-5-19-6-4-11/h7-8,10-11H,3-6,9H2,1-2H3. The molecule has 19 heavy (non-hydrogen) atoms. The third kappa shape index (κ3) is 2.61. The van der Waals surface area contributed by atoms with Crippen LogP contribution in [0.15, 0.2) is 12.4 Å². The Hall–Kier alpha value is -1.49. The molecule has 0 atom stereocenters. The summed E-state index contributed by atoms with van der Waals surface area (Å²) < 4.78 is 7.40. The van der Waals surface area contributed by atoms with E-state index in [9.17, 15) is 0 Å². The molecule has 5 nitrogen and oxygen atoms in total. The fourth-order valence-corrected chi connectivity index (χ4v) is 2.45. The van der Waals surface area contributed by atoms with Crippen molar-refractivity contribution < 1.29 is 4.74 Å². The molecule has 0 unspecified atom stereocenters. The molecule has 5 heteroatoms. The third-order valence-electron chi connectivity index (χ3n) is 3.73. The van der Waals surface area contributed by atoms with Crippen molar-refractivity contribution in [3.05, 3.63) is 18.1 Å². The fourth-order valence-electron chi connectivity index (χ4n) is 2.45. The van der Waals surface area contributed by atoms with Crippen LogP contribution in [0.5, 0.6) is 0 Å². The highest BCUT2D eigenvalue weighted by atomic mass is 16.5. The predicted molar refractivity (Wildman–Crippen MR) is 73.0 cm³/mol. The third-order valence-corrected chi connectivity index (χ3v) is 3.73. The minimum atomic E-state index is 0.392. The quantitative estimate of drug-likeness (QED) is 0.850. The van der Waals surface area contributed by atoms with Gasteiger partial charge in [0, 0.05) is 26.0 Å². The van der Waals surface area contributed by atoms with Crippen molar-refractivity contribution in [1.29, 1.82) is 0 Å². The molecule has 3 rings (SSSR count). The van der Waals surface area contributed by atoms with Gasteiger partial charge in [-0.25, -0.2) is 14.6 Å². The van der Waals surface area contributed by atoms with E-state index in [2.05, 4.69) is 23.9 Å². The number of hydrogen-bond donors (Lipinski definition) is 0. The summed E-state index contributed by atoms with van der Waals surface area (Å²) in [6.07, 6.45) is 5.89. The van der Waals surface area contributed by atoms with E-state index < -0.39 is 0 Å². The molecule has 102 valence electrons. The van der Waals surface area contributed by atoms with Crippen LogP contribution in [0.3, 0.4) is 0 Å². The largest absolute Gasteiger partial charge is 0.381 e. The van der Waals surface area contributed by atoms with Gasteiger partial charge in [0.1, 0.15) is 5.52 Å². The van der Waals surface area contributed by atoms with Crippen LogP contribution in [-0.4, -0.2) is 33.0 Å². The van der Waals surface area contributed by atoms with Gasteiger partial charge in [-0.3, -0.25) is 0 Å². The van der Waals surface area contributed by atoms with Gasteiger partial charge in [0.2, 0.25) is 0 Å². The molecule has 1 saturated heterocycles. The van der Waals surface area contributed by atoms with Crippen molar-refractivity contribution in [2.24, 2.45) is 5.92 Å². The van der Waals surface area contributed by atoms with Crippen molar-refractivity contribution in [1.82, 2.24) is 19.7 Å². The maximum Gasteiger partial charge on any atom is 0.177 e. The van der Waals surface area contributed by atoms with Crippen LogP contribution in [0.2, 0.25) is 0 Å². The summed E-state index contributed by atoms with van der Waals surface area (Å²) in [7, 11) is 0. The van der Waals surface area contributed by atoms with E-state index in [0.717, 1.165) is 49.5 Å². The van der Waals surface area contributed by atoms with Crippen LogP contribution >= 0.6 is 0 Å². The van der Waals surface area contributed by atoms with Gasteiger partial charge < -0.3 is 4.74 Å². The summed E-state index contributed by atoms with van der Waals surface area (Å²) in [6, 6.07) is 0. The van der Waals surface area contributed by atoms with Gasteiger partial charge in [0.05, 0.1) is 11.9 Å². The molecule has 0 amide bonds. The predicted octanol–water partition coefficient (Wildman–Crippen LogP) is 2.38. The zero-order valence-electron chi connectivity index (χ0n) is 11.5. The Bertz CT molecular complexity index is 558. The van der Waals surface area contributed by atoms with E-state index >= 15 is 0 Å². The Kier molecular flexibility index (Phi) is 3.46. The molecule has 1 aliphatic rings. The Morgan fingerprint density at radius 2 is 2.11 bits per heavy atom. The van der Waals surface area contributed by atoms with Gasteiger partial charge in [-0.05, 0) is 24.7 Å². The van der Waals surface area contributed by atoms with Crippen molar-refractivity contribution >= 4 is 11.2 Å². The van der Waals surface area contributed by atoms with E-state index in [1.54, 1.807) is 0 Å². The van der Waals surface area contributed by atoms with Crippen LogP contribution in [-0.2, 0) is 11.3 Å². The van der Waals surface area contributed by atoms with Crippen LogP contribution < -0.4 is 0 Å². The van der Waals surface area contributed by atoms with Gasteiger partial charge >= 0.3 is 0 Å². The average molecular weight is 260 g/mol. The Morgan fingerprint density at radius 1 is 1.32 bits per heavy atom. The van der Waals surface area contributed by atoms with Crippen molar-refractivity contribution in [3.8, 4) is 0 Å². The maximum absolute atomic E-state index is 5.40. The lowest BCUT2D eigenvalue weighted by molar-refractivity contribution is 0.0605. The number of fused-ring (bicyclic) bond motifs is 1. The summed E-state index contributed by atoms with van der Waals surface area (Å²) in [6.45, 7) is 6.92. The first-order valence-electron chi connectivity index (χ1n) is 7.00. The summed E-state index contributed by atoms with van der Waals surface area (Å²) in [5.41, 5.74) is 2.83. The Labute approximate surface area is 113 Å². The second-order valence-corrected chi connectivity index (χ2v) is 5.54. The lowest BCUT2D eigenvalue weighted by Gasteiger charge is -2.21. The molecule has 0 N–H and O–H groups in total. The zero-order chi connectivity index (χ0) is 13.2. The van der Waals surface area contributed by atoms with Gasteiger partial charge in [0.15, 0.2) is 5.65 Å². The SMILES string of the molecule is CC(C)c1cnc2cnn(CC3CCOCC3)c2n1. The monoisotopic (exact) mass is 260 g/mol. The van der Waals surface area contributed by atoms with Crippen molar-refractivity contribution in [2.75, 3.05) is 13.2 Å². The van der Waals surface area contributed by atoms with E-state index in [0.29, 0.717) is 11.8 Å². The molecule has 2 aromatic rings. The minimum absolute atomic E-state index is 0.392. The van der Waals surface area contributed by atoms with Crippen LogP contribution in [0.25, 0.3) is 11.2 Å². The Balaban J connectivity index is 1.87. The first kappa shape index (κ1) is 12.5. The average Bonchev–Trinajstić information content (AvgIpc) is 2.82. The molecule has 1 aliphatic heterocycles. The maximum atomic E-state index is 5.40. The van der Waals surface area contributed by atoms with Gasteiger partial charge in [-0.2, -0.15) is 5.10 Å². The number of hydrogen-bond acceptors (Lipinski definition) is 4. The summed E-state index contributed by atoms with van der Waals surface area (Å²) in [5, 5.41) is 4.44. The molecular weight excluding hydrogens is 240 g/mol. The molecule has 0 radical (unpaired) electrons. The fraction of sp³-hybridized carbons (Fsp3) is 0.643. The first-order valence-corrected chi connectivity index (χ1v) is 7.00.